The average Bonchev–Trinajstić information content (AvgIpc) is 2.66. The second kappa shape index (κ2) is 13.0. The van der Waals surface area contributed by atoms with E-state index >= 15 is 0 Å². The van der Waals surface area contributed by atoms with Gasteiger partial charge in [-0.1, -0.05) is 18.6 Å². The van der Waals surface area contributed by atoms with Crippen LogP contribution in [-0.4, -0.2) is 49.7 Å². The monoisotopic (exact) mass is 378 g/mol. The summed E-state index contributed by atoms with van der Waals surface area (Å²) in [5, 5.41) is 2.98. The fraction of sp³-hybridized carbons (Fsp3) is 0.619. The van der Waals surface area contributed by atoms with E-state index in [2.05, 4.69) is 12.2 Å². The lowest BCUT2D eigenvalue weighted by Gasteiger charge is -2.28. The van der Waals surface area contributed by atoms with Crippen LogP contribution in [0, 0.1) is 0 Å². The van der Waals surface area contributed by atoms with Crippen LogP contribution < -0.4 is 10.1 Å². The van der Waals surface area contributed by atoms with Crippen LogP contribution in [0.1, 0.15) is 52.0 Å². The van der Waals surface area contributed by atoms with Crippen molar-refractivity contribution >= 4 is 12.0 Å². The van der Waals surface area contributed by atoms with Gasteiger partial charge in [-0.3, -0.25) is 4.79 Å². The first-order valence-corrected chi connectivity index (χ1v) is 9.84. The molecule has 0 aliphatic carbocycles. The Morgan fingerprint density at radius 1 is 1.11 bits per heavy atom. The first kappa shape index (κ1) is 22.8. The standard InChI is InChI=1S/C21H34N2O4/c1-5-23(17(3)16-18-11-13-19(26-4)14-12-18)21(25)22-15-9-7-8-10-20(24)27-6-2/h11-14,17H,5-10,15-16H2,1-4H3,(H,22,25). The molecule has 27 heavy (non-hydrogen) atoms. The Morgan fingerprint density at radius 3 is 2.41 bits per heavy atom. The molecule has 1 atom stereocenters. The fourth-order valence-electron chi connectivity index (χ4n) is 2.97. The Kier molecular flexibility index (Phi) is 11.0. The van der Waals surface area contributed by atoms with E-state index in [4.69, 9.17) is 9.47 Å². The molecule has 6 heteroatoms. The quantitative estimate of drug-likeness (QED) is 0.444. The average molecular weight is 379 g/mol. The van der Waals surface area contributed by atoms with Crippen molar-refractivity contribution in [3.63, 3.8) is 0 Å². The van der Waals surface area contributed by atoms with Crippen molar-refractivity contribution in [1.29, 1.82) is 0 Å². The summed E-state index contributed by atoms with van der Waals surface area (Å²) in [6.07, 6.45) is 3.79. The van der Waals surface area contributed by atoms with E-state index in [1.54, 1.807) is 7.11 Å². The number of nitrogens with one attached hydrogen (secondary N) is 1. The molecule has 0 saturated heterocycles. The molecule has 1 unspecified atom stereocenters. The lowest BCUT2D eigenvalue weighted by Crippen LogP contribution is -2.46. The molecule has 0 aliphatic heterocycles. The summed E-state index contributed by atoms with van der Waals surface area (Å²) in [6.45, 7) is 7.56. The predicted molar refractivity (Wildman–Crippen MR) is 107 cm³/mol. The number of amides is 2. The second-order valence-corrected chi connectivity index (χ2v) is 6.53. The molecule has 152 valence electrons. The van der Waals surface area contributed by atoms with Crippen molar-refractivity contribution in [2.75, 3.05) is 26.8 Å². The van der Waals surface area contributed by atoms with Gasteiger partial charge in [-0.05, 0) is 57.7 Å². The van der Waals surface area contributed by atoms with E-state index in [1.807, 2.05) is 43.0 Å². The molecule has 0 heterocycles. The van der Waals surface area contributed by atoms with Gasteiger partial charge in [0.05, 0.1) is 13.7 Å². The van der Waals surface area contributed by atoms with Crippen LogP contribution in [0.2, 0.25) is 0 Å². The van der Waals surface area contributed by atoms with Gasteiger partial charge in [0.15, 0.2) is 0 Å². The van der Waals surface area contributed by atoms with Crippen molar-refractivity contribution in [2.24, 2.45) is 0 Å². The molecule has 1 aromatic carbocycles. The highest BCUT2D eigenvalue weighted by atomic mass is 16.5. The number of carbonyl (C=O) groups is 2. The van der Waals surface area contributed by atoms with Crippen LogP contribution in [0.25, 0.3) is 0 Å². The second-order valence-electron chi connectivity index (χ2n) is 6.53. The number of likely N-dealkylation sites (N-methyl/N-ethyl adjacent to an activating group) is 1. The van der Waals surface area contributed by atoms with Crippen molar-refractivity contribution in [1.82, 2.24) is 10.2 Å². The summed E-state index contributed by atoms with van der Waals surface area (Å²) in [7, 11) is 1.65. The van der Waals surface area contributed by atoms with E-state index in [0.717, 1.165) is 31.4 Å². The molecule has 0 aromatic heterocycles. The first-order chi connectivity index (χ1) is 13.0. The zero-order valence-corrected chi connectivity index (χ0v) is 17.1. The van der Waals surface area contributed by atoms with Crippen LogP contribution in [0.3, 0.4) is 0 Å². The van der Waals surface area contributed by atoms with E-state index in [1.165, 1.54) is 5.56 Å². The van der Waals surface area contributed by atoms with Crippen LogP contribution in [0.4, 0.5) is 4.79 Å². The Hall–Kier alpha value is -2.24. The lowest BCUT2D eigenvalue weighted by molar-refractivity contribution is -0.143. The van der Waals surface area contributed by atoms with Crippen molar-refractivity contribution in [3.05, 3.63) is 29.8 Å². The third-order valence-corrected chi connectivity index (χ3v) is 4.46. The first-order valence-electron chi connectivity index (χ1n) is 9.84. The Bertz CT molecular complexity index is 560. The molecule has 0 saturated carbocycles. The number of urea groups is 1. The number of hydrogen-bond acceptors (Lipinski definition) is 4. The van der Waals surface area contributed by atoms with Gasteiger partial charge < -0.3 is 19.7 Å². The van der Waals surface area contributed by atoms with E-state index in [-0.39, 0.29) is 18.0 Å². The zero-order chi connectivity index (χ0) is 20.1. The number of nitrogens with zero attached hydrogens (tertiary/aromatic N) is 1. The number of hydrogen-bond donors (Lipinski definition) is 1. The van der Waals surface area contributed by atoms with Crippen LogP contribution >= 0.6 is 0 Å². The summed E-state index contributed by atoms with van der Waals surface area (Å²) in [6, 6.07) is 8.01. The summed E-state index contributed by atoms with van der Waals surface area (Å²) in [5.74, 6) is 0.686. The molecule has 1 N–H and O–H groups in total. The molecule has 1 aromatic rings. The van der Waals surface area contributed by atoms with Crippen molar-refractivity contribution < 1.29 is 19.1 Å². The maximum atomic E-state index is 12.5. The van der Waals surface area contributed by atoms with E-state index in [9.17, 15) is 9.59 Å². The number of rotatable bonds is 12. The fourth-order valence-corrected chi connectivity index (χ4v) is 2.97. The molecular weight excluding hydrogens is 344 g/mol. The van der Waals surface area contributed by atoms with Gasteiger partial charge in [-0.2, -0.15) is 0 Å². The minimum absolute atomic E-state index is 0.0381. The normalized spacial score (nSPS) is 11.6. The molecule has 0 aliphatic rings. The highest BCUT2D eigenvalue weighted by Crippen LogP contribution is 2.14. The number of esters is 1. The number of methoxy groups -OCH3 is 1. The summed E-state index contributed by atoms with van der Waals surface area (Å²) < 4.78 is 10.1. The third kappa shape index (κ3) is 8.80. The van der Waals surface area contributed by atoms with Gasteiger partial charge in [0.1, 0.15) is 5.75 Å². The molecule has 6 nitrogen and oxygen atoms in total. The SMILES string of the molecule is CCOC(=O)CCCCCNC(=O)N(CC)C(C)Cc1ccc(OC)cc1. The van der Waals surface area contributed by atoms with Gasteiger partial charge >= 0.3 is 12.0 Å². The third-order valence-electron chi connectivity index (χ3n) is 4.46. The molecule has 0 radical (unpaired) electrons. The number of carbonyl (C=O) groups excluding carboxylic acids is 2. The largest absolute Gasteiger partial charge is 0.497 e. The summed E-state index contributed by atoms with van der Waals surface area (Å²) in [4.78, 5) is 25.6. The minimum atomic E-state index is -0.147. The lowest BCUT2D eigenvalue weighted by atomic mass is 10.1. The van der Waals surface area contributed by atoms with Crippen molar-refractivity contribution in [2.45, 2.75) is 58.9 Å². The highest BCUT2D eigenvalue weighted by molar-refractivity contribution is 5.74. The van der Waals surface area contributed by atoms with Gasteiger partial charge in [0.2, 0.25) is 0 Å². The maximum absolute atomic E-state index is 12.5. The Labute approximate surface area is 163 Å². The van der Waals surface area contributed by atoms with E-state index in [0.29, 0.717) is 26.1 Å². The Balaban J connectivity index is 2.32. The molecular formula is C21H34N2O4. The molecule has 2 amide bonds. The summed E-state index contributed by atoms with van der Waals surface area (Å²) >= 11 is 0. The van der Waals surface area contributed by atoms with Gasteiger partial charge in [-0.15, -0.1) is 0 Å². The van der Waals surface area contributed by atoms with Crippen LogP contribution in [0.15, 0.2) is 24.3 Å². The number of unbranched alkanes of at least 4 members (excludes halogenated alkanes) is 2. The molecule has 1 rings (SSSR count). The predicted octanol–water partition coefficient (Wildman–Crippen LogP) is 3.78. The number of ether oxygens (including phenoxy) is 2. The molecule has 0 bridgehead atoms. The maximum Gasteiger partial charge on any atom is 0.317 e. The highest BCUT2D eigenvalue weighted by Gasteiger charge is 2.18. The minimum Gasteiger partial charge on any atom is -0.497 e. The van der Waals surface area contributed by atoms with E-state index < -0.39 is 0 Å². The molecule has 0 fully saturated rings. The smallest absolute Gasteiger partial charge is 0.317 e. The zero-order valence-electron chi connectivity index (χ0n) is 17.1. The van der Waals surface area contributed by atoms with Gasteiger partial charge in [-0.25, -0.2) is 4.79 Å². The van der Waals surface area contributed by atoms with Crippen molar-refractivity contribution in [3.8, 4) is 5.75 Å². The summed E-state index contributed by atoms with van der Waals surface area (Å²) in [5.41, 5.74) is 1.17. The molecule has 0 spiro atoms. The van der Waals surface area contributed by atoms with Crippen LogP contribution in [-0.2, 0) is 16.0 Å². The van der Waals surface area contributed by atoms with Gasteiger partial charge in [0.25, 0.3) is 0 Å². The van der Waals surface area contributed by atoms with Gasteiger partial charge in [0, 0.05) is 25.6 Å². The Morgan fingerprint density at radius 2 is 1.81 bits per heavy atom. The number of benzene rings is 1. The van der Waals surface area contributed by atoms with Crippen LogP contribution in [0.5, 0.6) is 5.75 Å². The topological polar surface area (TPSA) is 67.9 Å².